The van der Waals surface area contributed by atoms with E-state index < -0.39 is 0 Å². The van der Waals surface area contributed by atoms with Crippen LogP contribution in [-0.2, 0) is 6.42 Å². The van der Waals surface area contributed by atoms with E-state index in [4.69, 9.17) is 22.1 Å². The van der Waals surface area contributed by atoms with Crippen molar-refractivity contribution < 1.29 is 4.74 Å². The van der Waals surface area contributed by atoms with Crippen LogP contribution < -0.4 is 10.5 Å². The Balaban J connectivity index is 1.59. The molecule has 3 nitrogen and oxygen atoms in total. The van der Waals surface area contributed by atoms with Gasteiger partial charge in [0.2, 0.25) is 0 Å². The standard InChI is InChI=1S/C16H15ClN2OS/c17-11-4-3-5-13(8-11)20-10-12(18)9-16-19-14-6-1-2-7-15(14)21-16/h1-8,12H,9-10,18H2. The third-order valence-corrected chi connectivity index (χ3v) is 4.33. The summed E-state index contributed by atoms with van der Waals surface area (Å²) in [5, 5.41) is 1.70. The fourth-order valence-electron chi connectivity index (χ4n) is 2.05. The fourth-order valence-corrected chi connectivity index (χ4v) is 3.29. The van der Waals surface area contributed by atoms with Crippen molar-refractivity contribution in [2.24, 2.45) is 5.73 Å². The van der Waals surface area contributed by atoms with Gasteiger partial charge in [0, 0.05) is 17.5 Å². The van der Waals surface area contributed by atoms with Crippen molar-refractivity contribution in [3.63, 3.8) is 0 Å². The second kappa shape index (κ2) is 6.43. The number of halogens is 1. The summed E-state index contributed by atoms with van der Waals surface area (Å²) in [6.07, 6.45) is 0.708. The van der Waals surface area contributed by atoms with Gasteiger partial charge in [-0.05, 0) is 30.3 Å². The molecule has 0 aliphatic carbocycles. The largest absolute Gasteiger partial charge is 0.492 e. The van der Waals surface area contributed by atoms with Crippen molar-refractivity contribution in [1.29, 1.82) is 0 Å². The van der Waals surface area contributed by atoms with Crippen LogP contribution in [0.1, 0.15) is 5.01 Å². The Kier molecular flexibility index (Phi) is 4.39. The van der Waals surface area contributed by atoms with Crippen LogP contribution in [0, 0.1) is 0 Å². The molecule has 1 aromatic heterocycles. The van der Waals surface area contributed by atoms with Crippen LogP contribution in [-0.4, -0.2) is 17.6 Å². The molecular weight excluding hydrogens is 304 g/mol. The van der Waals surface area contributed by atoms with Gasteiger partial charge in [-0.3, -0.25) is 0 Å². The van der Waals surface area contributed by atoms with Crippen LogP contribution in [0.15, 0.2) is 48.5 Å². The number of ether oxygens (including phenoxy) is 1. The zero-order valence-electron chi connectivity index (χ0n) is 11.3. The van der Waals surface area contributed by atoms with Crippen molar-refractivity contribution in [1.82, 2.24) is 4.98 Å². The van der Waals surface area contributed by atoms with Crippen molar-refractivity contribution in [3.8, 4) is 5.75 Å². The molecule has 0 amide bonds. The second-order valence-corrected chi connectivity index (χ2v) is 6.36. The first-order chi connectivity index (χ1) is 10.2. The summed E-state index contributed by atoms with van der Waals surface area (Å²) in [5.74, 6) is 0.738. The number of thiazole rings is 1. The van der Waals surface area contributed by atoms with Crippen molar-refractivity contribution in [3.05, 3.63) is 58.6 Å². The number of aromatic nitrogens is 1. The van der Waals surface area contributed by atoms with Crippen molar-refractivity contribution in [2.45, 2.75) is 12.5 Å². The van der Waals surface area contributed by atoms with Gasteiger partial charge in [-0.15, -0.1) is 11.3 Å². The highest BCUT2D eigenvalue weighted by Crippen LogP contribution is 2.22. The van der Waals surface area contributed by atoms with E-state index in [1.165, 1.54) is 4.70 Å². The quantitative estimate of drug-likeness (QED) is 0.776. The monoisotopic (exact) mass is 318 g/mol. The predicted molar refractivity (Wildman–Crippen MR) is 88.2 cm³/mol. The SMILES string of the molecule is NC(COc1cccc(Cl)c1)Cc1nc2ccccc2s1. The lowest BCUT2D eigenvalue weighted by molar-refractivity contribution is 0.287. The first-order valence-electron chi connectivity index (χ1n) is 6.69. The zero-order chi connectivity index (χ0) is 14.7. The molecule has 3 rings (SSSR count). The molecule has 108 valence electrons. The van der Waals surface area contributed by atoms with E-state index in [9.17, 15) is 0 Å². The van der Waals surface area contributed by atoms with Gasteiger partial charge in [-0.25, -0.2) is 4.98 Å². The first-order valence-corrected chi connectivity index (χ1v) is 7.88. The Morgan fingerprint density at radius 3 is 2.86 bits per heavy atom. The van der Waals surface area contributed by atoms with Gasteiger partial charge in [-0.1, -0.05) is 29.8 Å². The summed E-state index contributed by atoms with van der Waals surface area (Å²) in [5.41, 5.74) is 7.15. The molecule has 1 unspecified atom stereocenters. The fraction of sp³-hybridized carbons (Fsp3) is 0.188. The minimum atomic E-state index is -0.0930. The van der Waals surface area contributed by atoms with E-state index in [1.807, 2.05) is 36.4 Å². The molecule has 0 aliphatic rings. The van der Waals surface area contributed by atoms with Crippen LogP contribution in [0.4, 0.5) is 0 Å². The van der Waals surface area contributed by atoms with Gasteiger partial charge >= 0.3 is 0 Å². The summed E-state index contributed by atoms with van der Waals surface area (Å²) in [6, 6.07) is 15.3. The third kappa shape index (κ3) is 3.73. The van der Waals surface area contributed by atoms with Crippen LogP contribution in [0.2, 0.25) is 5.02 Å². The van der Waals surface area contributed by atoms with Gasteiger partial charge in [0.15, 0.2) is 0 Å². The highest BCUT2D eigenvalue weighted by molar-refractivity contribution is 7.18. The molecule has 3 aromatic rings. The molecule has 0 saturated carbocycles. The topological polar surface area (TPSA) is 48.1 Å². The molecule has 2 N–H and O–H groups in total. The average molecular weight is 319 g/mol. The Morgan fingerprint density at radius 2 is 2.05 bits per heavy atom. The molecule has 2 aromatic carbocycles. The molecule has 1 atom stereocenters. The van der Waals surface area contributed by atoms with Crippen LogP contribution >= 0.6 is 22.9 Å². The zero-order valence-corrected chi connectivity index (χ0v) is 12.9. The van der Waals surface area contributed by atoms with E-state index in [-0.39, 0.29) is 6.04 Å². The highest BCUT2D eigenvalue weighted by Gasteiger charge is 2.10. The molecule has 0 bridgehead atoms. The number of benzene rings is 2. The maximum absolute atomic E-state index is 6.12. The molecule has 0 radical (unpaired) electrons. The van der Waals surface area contributed by atoms with E-state index in [1.54, 1.807) is 17.4 Å². The minimum absolute atomic E-state index is 0.0930. The molecule has 21 heavy (non-hydrogen) atoms. The molecule has 1 heterocycles. The number of hydrogen-bond acceptors (Lipinski definition) is 4. The van der Waals surface area contributed by atoms with E-state index in [0.717, 1.165) is 16.3 Å². The molecule has 0 saturated heterocycles. The second-order valence-electron chi connectivity index (χ2n) is 4.81. The number of nitrogens with two attached hydrogens (primary N) is 1. The van der Waals surface area contributed by atoms with Crippen molar-refractivity contribution >= 4 is 33.2 Å². The molecular formula is C16H15ClN2OS. The van der Waals surface area contributed by atoms with Crippen LogP contribution in [0.5, 0.6) is 5.75 Å². The number of nitrogens with zero attached hydrogens (tertiary/aromatic N) is 1. The number of para-hydroxylation sites is 1. The Morgan fingerprint density at radius 1 is 1.19 bits per heavy atom. The maximum atomic E-state index is 6.12. The molecule has 5 heteroatoms. The van der Waals surface area contributed by atoms with E-state index in [2.05, 4.69) is 11.1 Å². The van der Waals surface area contributed by atoms with Gasteiger partial charge < -0.3 is 10.5 Å². The third-order valence-electron chi connectivity index (χ3n) is 3.04. The lowest BCUT2D eigenvalue weighted by Crippen LogP contribution is -2.30. The minimum Gasteiger partial charge on any atom is -0.492 e. The van der Waals surface area contributed by atoms with Gasteiger partial charge in [-0.2, -0.15) is 0 Å². The lowest BCUT2D eigenvalue weighted by atomic mass is 10.2. The summed E-state index contributed by atoms with van der Waals surface area (Å²) in [4.78, 5) is 4.58. The average Bonchev–Trinajstić information content (AvgIpc) is 2.87. The first kappa shape index (κ1) is 14.3. The summed E-state index contributed by atoms with van der Waals surface area (Å²) >= 11 is 7.60. The Hall–Kier alpha value is -1.62. The number of rotatable bonds is 5. The number of hydrogen-bond donors (Lipinski definition) is 1. The summed E-state index contributed by atoms with van der Waals surface area (Å²) in [6.45, 7) is 0.441. The van der Waals surface area contributed by atoms with E-state index >= 15 is 0 Å². The molecule has 0 spiro atoms. The molecule has 0 fully saturated rings. The smallest absolute Gasteiger partial charge is 0.120 e. The Bertz CT molecular complexity index is 711. The normalized spacial score (nSPS) is 12.5. The predicted octanol–water partition coefficient (Wildman–Crippen LogP) is 3.90. The van der Waals surface area contributed by atoms with Gasteiger partial charge in [0.1, 0.15) is 12.4 Å². The van der Waals surface area contributed by atoms with Crippen LogP contribution in [0.3, 0.4) is 0 Å². The summed E-state index contributed by atoms with van der Waals surface area (Å²) in [7, 11) is 0. The van der Waals surface area contributed by atoms with Crippen LogP contribution in [0.25, 0.3) is 10.2 Å². The maximum Gasteiger partial charge on any atom is 0.120 e. The summed E-state index contributed by atoms with van der Waals surface area (Å²) < 4.78 is 6.85. The number of fused-ring (bicyclic) bond motifs is 1. The van der Waals surface area contributed by atoms with Crippen molar-refractivity contribution in [2.75, 3.05) is 6.61 Å². The molecule has 0 aliphatic heterocycles. The Labute approximate surface area is 132 Å². The highest BCUT2D eigenvalue weighted by atomic mass is 35.5. The lowest BCUT2D eigenvalue weighted by Gasteiger charge is -2.12. The van der Waals surface area contributed by atoms with Gasteiger partial charge in [0.25, 0.3) is 0 Å². The van der Waals surface area contributed by atoms with E-state index in [0.29, 0.717) is 18.1 Å². The van der Waals surface area contributed by atoms with Gasteiger partial charge in [0.05, 0.1) is 15.2 Å².